The lowest BCUT2D eigenvalue weighted by atomic mass is 10.1. The van der Waals surface area contributed by atoms with Gasteiger partial charge in [0.25, 0.3) is 5.91 Å². The molecule has 1 aromatic carbocycles. The number of fused-ring (bicyclic) bond motifs is 1. The molecule has 2 heterocycles. The van der Waals surface area contributed by atoms with E-state index in [0.717, 1.165) is 31.3 Å². The molecule has 1 fully saturated rings. The van der Waals surface area contributed by atoms with Crippen LogP contribution in [0.1, 0.15) is 43.0 Å². The predicted octanol–water partition coefficient (Wildman–Crippen LogP) is 3.21. The summed E-state index contributed by atoms with van der Waals surface area (Å²) < 4.78 is 0. The molecule has 0 radical (unpaired) electrons. The van der Waals surface area contributed by atoms with Crippen LogP contribution < -0.4 is 5.32 Å². The molecule has 23 heavy (non-hydrogen) atoms. The van der Waals surface area contributed by atoms with E-state index >= 15 is 0 Å². The second-order valence-corrected chi connectivity index (χ2v) is 5.95. The third-order valence-electron chi connectivity index (χ3n) is 4.21. The van der Waals surface area contributed by atoms with Crippen molar-refractivity contribution in [3.05, 3.63) is 36.0 Å². The Bertz CT molecular complexity index is 734. The lowest BCUT2D eigenvalue weighted by Crippen LogP contribution is -2.32. The number of hydrogen-bond donors (Lipinski definition) is 1. The molecule has 1 aliphatic heterocycles. The second kappa shape index (κ2) is 6.77. The van der Waals surface area contributed by atoms with Crippen molar-refractivity contribution in [1.82, 2.24) is 9.88 Å². The Hall–Kier alpha value is -2.43. The summed E-state index contributed by atoms with van der Waals surface area (Å²) in [6.07, 6.45) is 6.14. The Balaban J connectivity index is 2.00. The van der Waals surface area contributed by atoms with Gasteiger partial charge in [-0.15, -0.1) is 0 Å². The Morgan fingerprint density at radius 2 is 1.83 bits per heavy atom. The van der Waals surface area contributed by atoms with Crippen molar-refractivity contribution in [2.45, 2.75) is 32.6 Å². The summed E-state index contributed by atoms with van der Waals surface area (Å²) in [4.78, 5) is 30.6. The van der Waals surface area contributed by atoms with Gasteiger partial charge in [0.2, 0.25) is 5.91 Å². The molecule has 0 aliphatic carbocycles. The minimum atomic E-state index is -0.149. The number of rotatable bonds is 2. The van der Waals surface area contributed by atoms with Gasteiger partial charge in [-0.05, 0) is 25.0 Å². The minimum absolute atomic E-state index is 0.0549. The number of carbonyl (C=O) groups excluding carboxylic acids is 2. The van der Waals surface area contributed by atoms with E-state index in [9.17, 15) is 9.59 Å². The third-order valence-corrected chi connectivity index (χ3v) is 4.21. The first kappa shape index (κ1) is 15.5. The molecule has 2 amide bonds. The van der Waals surface area contributed by atoms with Crippen molar-refractivity contribution < 1.29 is 9.59 Å². The van der Waals surface area contributed by atoms with Crippen LogP contribution in [-0.2, 0) is 4.79 Å². The normalized spacial score (nSPS) is 15.3. The van der Waals surface area contributed by atoms with Crippen LogP contribution in [0.25, 0.3) is 10.9 Å². The van der Waals surface area contributed by atoms with Crippen molar-refractivity contribution in [2.24, 2.45) is 0 Å². The van der Waals surface area contributed by atoms with Gasteiger partial charge in [0, 0.05) is 31.6 Å². The second-order valence-electron chi connectivity index (χ2n) is 5.95. The quantitative estimate of drug-likeness (QED) is 0.926. The van der Waals surface area contributed by atoms with E-state index in [1.165, 1.54) is 19.8 Å². The van der Waals surface area contributed by atoms with Crippen LogP contribution in [0, 0.1) is 0 Å². The van der Waals surface area contributed by atoms with Gasteiger partial charge in [-0.3, -0.25) is 14.6 Å². The van der Waals surface area contributed by atoms with Crippen LogP contribution in [0.4, 0.5) is 5.69 Å². The van der Waals surface area contributed by atoms with Gasteiger partial charge in [0.15, 0.2) is 0 Å². The van der Waals surface area contributed by atoms with Gasteiger partial charge in [-0.1, -0.05) is 25.0 Å². The average molecular weight is 311 g/mol. The standard InChI is InChI=1S/C18H21N3O2/c1-13(22)20-16-8-6-7-14-15(9-10-19-17(14)16)18(23)21-11-4-2-3-5-12-21/h6-10H,2-5,11-12H2,1H3,(H,20,22). The highest BCUT2D eigenvalue weighted by Gasteiger charge is 2.20. The molecule has 1 aliphatic rings. The maximum atomic E-state index is 12.9. The third kappa shape index (κ3) is 3.33. The van der Waals surface area contributed by atoms with Gasteiger partial charge < -0.3 is 10.2 Å². The Morgan fingerprint density at radius 3 is 2.52 bits per heavy atom. The van der Waals surface area contributed by atoms with E-state index in [2.05, 4.69) is 10.3 Å². The lowest BCUT2D eigenvalue weighted by molar-refractivity contribution is -0.114. The molecule has 0 spiro atoms. The molecule has 0 saturated carbocycles. The number of benzene rings is 1. The largest absolute Gasteiger partial charge is 0.339 e. The zero-order chi connectivity index (χ0) is 16.2. The minimum Gasteiger partial charge on any atom is -0.339 e. The van der Waals surface area contributed by atoms with Gasteiger partial charge >= 0.3 is 0 Å². The number of nitrogens with one attached hydrogen (secondary N) is 1. The summed E-state index contributed by atoms with van der Waals surface area (Å²) in [5.74, 6) is -0.0946. The van der Waals surface area contributed by atoms with E-state index in [-0.39, 0.29) is 11.8 Å². The number of carbonyl (C=O) groups is 2. The first-order valence-electron chi connectivity index (χ1n) is 8.11. The molecule has 120 valence electrons. The fourth-order valence-corrected chi connectivity index (χ4v) is 3.10. The zero-order valence-corrected chi connectivity index (χ0v) is 13.3. The predicted molar refractivity (Wildman–Crippen MR) is 90.4 cm³/mol. The molecule has 0 bridgehead atoms. The topological polar surface area (TPSA) is 62.3 Å². The monoisotopic (exact) mass is 311 g/mol. The highest BCUT2D eigenvalue weighted by molar-refractivity contribution is 6.10. The highest BCUT2D eigenvalue weighted by Crippen LogP contribution is 2.25. The molecule has 2 aromatic rings. The molecular formula is C18H21N3O2. The number of nitrogens with zero attached hydrogens (tertiary/aromatic N) is 2. The number of pyridine rings is 1. The van der Waals surface area contributed by atoms with Crippen LogP contribution in [0.5, 0.6) is 0 Å². The van der Waals surface area contributed by atoms with Gasteiger partial charge in [-0.25, -0.2) is 0 Å². The molecule has 0 unspecified atom stereocenters. The van der Waals surface area contributed by atoms with Crippen molar-refractivity contribution in [3.63, 3.8) is 0 Å². The van der Waals surface area contributed by atoms with Crippen molar-refractivity contribution in [1.29, 1.82) is 0 Å². The molecule has 3 rings (SSSR count). The lowest BCUT2D eigenvalue weighted by Gasteiger charge is -2.21. The number of amides is 2. The van der Waals surface area contributed by atoms with Gasteiger partial charge in [-0.2, -0.15) is 0 Å². The fraction of sp³-hybridized carbons (Fsp3) is 0.389. The number of likely N-dealkylation sites (tertiary alicyclic amines) is 1. The van der Waals surface area contributed by atoms with Crippen molar-refractivity contribution in [2.75, 3.05) is 18.4 Å². The number of anilines is 1. The maximum absolute atomic E-state index is 12.9. The number of hydrogen-bond acceptors (Lipinski definition) is 3. The molecule has 1 N–H and O–H groups in total. The zero-order valence-electron chi connectivity index (χ0n) is 13.3. The van der Waals surface area contributed by atoms with Crippen molar-refractivity contribution >= 4 is 28.4 Å². The number of para-hydroxylation sites is 1. The molecule has 5 nitrogen and oxygen atoms in total. The first-order valence-corrected chi connectivity index (χ1v) is 8.11. The summed E-state index contributed by atoms with van der Waals surface area (Å²) in [5.41, 5.74) is 1.95. The average Bonchev–Trinajstić information content (AvgIpc) is 2.83. The molecule has 0 atom stereocenters. The highest BCUT2D eigenvalue weighted by atomic mass is 16.2. The SMILES string of the molecule is CC(=O)Nc1cccc2c(C(=O)N3CCCCCC3)ccnc12. The maximum Gasteiger partial charge on any atom is 0.254 e. The van der Waals surface area contributed by atoms with Crippen LogP contribution in [0.3, 0.4) is 0 Å². The van der Waals surface area contributed by atoms with E-state index in [1.54, 1.807) is 18.3 Å². The Morgan fingerprint density at radius 1 is 1.09 bits per heavy atom. The summed E-state index contributed by atoms with van der Waals surface area (Å²) in [5, 5.41) is 3.56. The van der Waals surface area contributed by atoms with E-state index in [0.29, 0.717) is 16.8 Å². The summed E-state index contributed by atoms with van der Waals surface area (Å²) in [6, 6.07) is 7.30. The Kier molecular flexibility index (Phi) is 4.55. The van der Waals surface area contributed by atoms with Crippen LogP contribution in [0.15, 0.2) is 30.5 Å². The number of aromatic nitrogens is 1. The van der Waals surface area contributed by atoms with Crippen molar-refractivity contribution in [3.8, 4) is 0 Å². The Labute approximate surface area is 135 Å². The van der Waals surface area contributed by atoms with E-state index < -0.39 is 0 Å². The smallest absolute Gasteiger partial charge is 0.254 e. The summed E-state index contributed by atoms with van der Waals surface area (Å²) in [7, 11) is 0. The molecule has 1 aromatic heterocycles. The van der Waals surface area contributed by atoms with Crippen LogP contribution in [0.2, 0.25) is 0 Å². The van der Waals surface area contributed by atoms with Gasteiger partial charge in [0.1, 0.15) is 0 Å². The fourth-order valence-electron chi connectivity index (χ4n) is 3.10. The molecule has 5 heteroatoms. The van der Waals surface area contributed by atoms with Crippen LogP contribution >= 0.6 is 0 Å². The summed E-state index contributed by atoms with van der Waals surface area (Å²) >= 11 is 0. The summed E-state index contributed by atoms with van der Waals surface area (Å²) in [6.45, 7) is 3.09. The van der Waals surface area contributed by atoms with Gasteiger partial charge in [0.05, 0.1) is 16.8 Å². The molecular weight excluding hydrogens is 290 g/mol. The van der Waals surface area contributed by atoms with E-state index in [4.69, 9.17) is 0 Å². The van der Waals surface area contributed by atoms with E-state index in [1.807, 2.05) is 17.0 Å². The molecule has 1 saturated heterocycles. The van der Waals surface area contributed by atoms with Crippen LogP contribution in [-0.4, -0.2) is 34.8 Å². The first-order chi connectivity index (χ1) is 11.2.